The first kappa shape index (κ1) is 13.8. The number of hydrogen-bond donors (Lipinski definition) is 0. The monoisotopic (exact) mass is 340 g/mol. The van der Waals surface area contributed by atoms with Gasteiger partial charge < -0.3 is 4.18 Å². The van der Waals surface area contributed by atoms with Gasteiger partial charge in [0.2, 0.25) is 0 Å². The highest BCUT2D eigenvalue weighted by atomic mass is 79.9. The zero-order valence-electron chi connectivity index (χ0n) is 9.62. The van der Waals surface area contributed by atoms with Crippen LogP contribution in [-0.4, -0.2) is 14.7 Å². The van der Waals surface area contributed by atoms with Gasteiger partial charge in [-0.1, -0.05) is 34.1 Å². The number of halogens is 1. The first-order chi connectivity index (χ1) is 9.03. The molecule has 0 unspecified atom stereocenters. The molecule has 0 radical (unpaired) electrons. The highest BCUT2D eigenvalue weighted by molar-refractivity contribution is 9.10. The van der Waals surface area contributed by atoms with Crippen molar-refractivity contribution in [3.63, 3.8) is 0 Å². The van der Waals surface area contributed by atoms with Crippen molar-refractivity contribution in [2.75, 3.05) is 0 Å². The van der Waals surface area contributed by atoms with Crippen LogP contribution in [0.15, 0.2) is 57.9 Å². The second kappa shape index (κ2) is 5.54. The van der Waals surface area contributed by atoms with Crippen LogP contribution in [0.3, 0.4) is 0 Å². The topological polar surface area (TPSA) is 60.4 Å². The maximum Gasteiger partial charge on any atom is 0.339 e. The maximum atomic E-state index is 12.0. The predicted molar refractivity (Wildman–Crippen MR) is 73.8 cm³/mol. The Kier molecular flexibility index (Phi) is 4.01. The van der Waals surface area contributed by atoms with E-state index in [1.807, 2.05) is 0 Å². The molecule has 0 spiro atoms. The fourth-order valence-electron chi connectivity index (χ4n) is 1.44. The van der Waals surface area contributed by atoms with Crippen LogP contribution in [0.2, 0.25) is 0 Å². The average Bonchev–Trinajstić information content (AvgIpc) is 2.41. The van der Waals surface area contributed by atoms with Gasteiger partial charge in [-0.3, -0.25) is 4.79 Å². The maximum absolute atomic E-state index is 12.0. The summed E-state index contributed by atoms with van der Waals surface area (Å²) in [5, 5.41) is 0. The van der Waals surface area contributed by atoms with Crippen LogP contribution in [0.5, 0.6) is 5.75 Å². The Labute approximate surface area is 119 Å². The molecule has 6 heteroatoms. The van der Waals surface area contributed by atoms with E-state index < -0.39 is 10.1 Å². The Balaban J connectivity index is 2.39. The zero-order valence-corrected chi connectivity index (χ0v) is 12.0. The van der Waals surface area contributed by atoms with Crippen LogP contribution in [0, 0.1) is 0 Å². The summed E-state index contributed by atoms with van der Waals surface area (Å²) in [5.41, 5.74) is 0.161. The van der Waals surface area contributed by atoms with Gasteiger partial charge in [-0.15, -0.1) is 0 Å². The second-order valence-corrected chi connectivity index (χ2v) is 6.11. The van der Waals surface area contributed by atoms with Crippen LogP contribution < -0.4 is 4.18 Å². The molecule has 0 atom stereocenters. The van der Waals surface area contributed by atoms with Crippen molar-refractivity contribution in [1.29, 1.82) is 0 Å². The third-order valence-corrected chi connectivity index (χ3v) is 4.07. The molecule has 0 aromatic heterocycles. The number of hydrogen-bond acceptors (Lipinski definition) is 4. The third-order valence-electron chi connectivity index (χ3n) is 2.33. The smallest absolute Gasteiger partial charge is 0.339 e. The molecule has 2 aromatic rings. The highest BCUT2D eigenvalue weighted by Gasteiger charge is 2.18. The second-order valence-electron chi connectivity index (χ2n) is 3.65. The van der Waals surface area contributed by atoms with Gasteiger partial charge in [-0.2, -0.15) is 8.42 Å². The molecule has 0 saturated heterocycles. The molecule has 0 bridgehead atoms. The van der Waals surface area contributed by atoms with E-state index in [4.69, 9.17) is 4.18 Å². The number of carbonyl (C=O) groups excluding carboxylic acids is 1. The van der Waals surface area contributed by atoms with Crippen LogP contribution >= 0.6 is 15.9 Å². The first-order valence-corrected chi connectivity index (χ1v) is 7.47. The first-order valence-electron chi connectivity index (χ1n) is 5.27. The number of benzene rings is 2. The Hall–Kier alpha value is -1.66. The molecule has 0 aliphatic rings. The van der Waals surface area contributed by atoms with Gasteiger partial charge in [0.1, 0.15) is 4.90 Å². The van der Waals surface area contributed by atoms with E-state index in [0.29, 0.717) is 10.8 Å². The van der Waals surface area contributed by atoms with Crippen LogP contribution in [0.25, 0.3) is 0 Å². The molecule has 0 aliphatic carbocycles. The lowest BCUT2D eigenvalue weighted by atomic mass is 10.2. The van der Waals surface area contributed by atoms with Crippen molar-refractivity contribution in [1.82, 2.24) is 0 Å². The highest BCUT2D eigenvalue weighted by Crippen LogP contribution is 2.25. The van der Waals surface area contributed by atoms with E-state index in [2.05, 4.69) is 15.9 Å². The number of aldehydes is 1. The molecule has 2 rings (SSSR count). The Morgan fingerprint density at radius 2 is 1.74 bits per heavy atom. The summed E-state index contributed by atoms with van der Waals surface area (Å²) >= 11 is 3.20. The Morgan fingerprint density at radius 1 is 1.05 bits per heavy atom. The number of carbonyl (C=O) groups is 1. The molecule has 98 valence electrons. The Morgan fingerprint density at radius 3 is 2.37 bits per heavy atom. The SMILES string of the molecule is O=Cc1cc(Br)ccc1OS(=O)(=O)c1ccccc1. The lowest BCUT2D eigenvalue weighted by Gasteiger charge is -2.08. The zero-order chi connectivity index (χ0) is 13.9. The summed E-state index contributed by atoms with van der Waals surface area (Å²) in [6.07, 6.45) is 0.542. The van der Waals surface area contributed by atoms with Gasteiger partial charge in [0.15, 0.2) is 12.0 Å². The standard InChI is InChI=1S/C13H9BrO4S/c14-11-6-7-13(10(8-11)9-15)18-19(16,17)12-4-2-1-3-5-12/h1-9H. The minimum atomic E-state index is -3.93. The van der Waals surface area contributed by atoms with E-state index in [-0.39, 0.29) is 16.2 Å². The molecular formula is C13H9BrO4S. The molecule has 0 fully saturated rings. The van der Waals surface area contributed by atoms with Gasteiger partial charge in [0.05, 0.1) is 5.56 Å². The fraction of sp³-hybridized carbons (Fsp3) is 0. The van der Waals surface area contributed by atoms with E-state index in [9.17, 15) is 13.2 Å². The molecule has 19 heavy (non-hydrogen) atoms. The molecule has 0 heterocycles. The van der Waals surface area contributed by atoms with Crippen molar-refractivity contribution in [3.05, 3.63) is 58.6 Å². The minimum absolute atomic E-state index is 0.00190. The predicted octanol–water partition coefficient (Wildman–Crippen LogP) is 3.03. The molecule has 2 aromatic carbocycles. The number of rotatable bonds is 4. The fourth-order valence-corrected chi connectivity index (χ4v) is 2.79. The molecule has 0 N–H and O–H groups in total. The van der Waals surface area contributed by atoms with Gasteiger partial charge in [-0.25, -0.2) is 0 Å². The lowest BCUT2D eigenvalue weighted by Crippen LogP contribution is -2.10. The molecule has 0 amide bonds. The average molecular weight is 341 g/mol. The van der Waals surface area contributed by atoms with Gasteiger partial charge in [0, 0.05) is 4.47 Å². The van der Waals surface area contributed by atoms with E-state index in [1.165, 1.54) is 24.3 Å². The van der Waals surface area contributed by atoms with E-state index >= 15 is 0 Å². The van der Waals surface area contributed by atoms with Crippen molar-refractivity contribution in [3.8, 4) is 5.75 Å². The van der Waals surface area contributed by atoms with Crippen LogP contribution in [0.4, 0.5) is 0 Å². The van der Waals surface area contributed by atoms with Crippen LogP contribution in [0.1, 0.15) is 10.4 Å². The molecule has 0 saturated carbocycles. The van der Waals surface area contributed by atoms with Crippen molar-refractivity contribution in [2.45, 2.75) is 4.90 Å². The molecular weight excluding hydrogens is 332 g/mol. The van der Waals surface area contributed by atoms with Crippen molar-refractivity contribution in [2.24, 2.45) is 0 Å². The summed E-state index contributed by atoms with van der Waals surface area (Å²) in [6.45, 7) is 0. The van der Waals surface area contributed by atoms with Gasteiger partial charge >= 0.3 is 10.1 Å². The van der Waals surface area contributed by atoms with E-state index in [1.54, 1.807) is 24.3 Å². The summed E-state index contributed by atoms with van der Waals surface area (Å²) in [4.78, 5) is 10.9. The lowest BCUT2D eigenvalue weighted by molar-refractivity contribution is 0.112. The van der Waals surface area contributed by atoms with Crippen molar-refractivity contribution >= 4 is 32.3 Å². The summed E-state index contributed by atoms with van der Waals surface area (Å²) in [6, 6.07) is 12.3. The van der Waals surface area contributed by atoms with Gasteiger partial charge in [-0.05, 0) is 30.3 Å². The van der Waals surface area contributed by atoms with Crippen molar-refractivity contribution < 1.29 is 17.4 Å². The normalized spacial score (nSPS) is 11.0. The largest absolute Gasteiger partial charge is 0.378 e. The molecule has 4 nitrogen and oxygen atoms in total. The molecule has 0 aliphatic heterocycles. The van der Waals surface area contributed by atoms with E-state index in [0.717, 1.165) is 0 Å². The summed E-state index contributed by atoms with van der Waals surface area (Å²) in [5.74, 6) is 0.00190. The van der Waals surface area contributed by atoms with Gasteiger partial charge in [0.25, 0.3) is 0 Å². The minimum Gasteiger partial charge on any atom is -0.378 e. The summed E-state index contributed by atoms with van der Waals surface area (Å²) < 4.78 is 29.7. The summed E-state index contributed by atoms with van der Waals surface area (Å²) in [7, 11) is -3.93. The van der Waals surface area contributed by atoms with Crippen LogP contribution in [-0.2, 0) is 10.1 Å². The third kappa shape index (κ3) is 3.21. The Bertz CT molecular complexity index is 696. The quantitative estimate of drug-likeness (QED) is 0.634.